The van der Waals surface area contributed by atoms with Crippen LogP contribution in [0.4, 0.5) is 0 Å². The maximum absolute atomic E-state index is 6.01. The van der Waals surface area contributed by atoms with Crippen molar-refractivity contribution in [3.63, 3.8) is 0 Å². The van der Waals surface area contributed by atoms with Crippen molar-refractivity contribution in [2.24, 2.45) is 5.92 Å². The minimum absolute atomic E-state index is 0.564. The van der Waals surface area contributed by atoms with Crippen LogP contribution in [0.1, 0.15) is 90.9 Å². The fourth-order valence-corrected chi connectivity index (χ4v) is 4.26. The zero-order chi connectivity index (χ0) is 15.6. The number of hydrogen-bond acceptors (Lipinski definition) is 2. The number of hydrogen-bond donors (Lipinski definition) is 0. The van der Waals surface area contributed by atoms with Gasteiger partial charge in [-0.1, -0.05) is 46.0 Å². The van der Waals surface area contributed by atoms with Crippen LogP contribution >= 0.6 is 0 Å². The summed E-state index contributed by atoms with van der Waals surface area (Å²) in [6.45, 7) is 8.26. The second-order valence-electron chi connectivity index (χ2n) is 7.63. The molecule has 2 fully saturated rings. The second-order valence-corrected chi connectivity index (χ2v) is 7.63. The number of likely N-dealkylation sites (tertiary alicyclic amines) is 1. The van der Waals surface area contributed by atoms with Crippen molar-refractivity contribution < 1.29 is 4.74 Å². The molecule has 1 heterocycles. The standard InChI is InChI=1S/C20H39NO/c1-3-5-7-8-18-13-15-21(16-14-18)19-9-11-20(12-10-19)22-17-6-4-2/h18-20H,3-17H2,1-2H3/t19-,20-. The van der Waals surface area contributed by atoms with Gasteiger partial charge >= 0.3 is 0 Å². The first-order chi connectivity index (χ1) is 10.8. The van der Waals surface area contributed by atoms with E-state index in [0.29, 0.717) is 6.10 Å². The van der Waals surface area contributed by atoms with Crippen molar-refractivity contribution in [2.45, 2.75) is 103 Å². The Morgan fingerprint density at radius 2 is 1.50 bits per heavy atom. The largest absolute Gasteiger partial charge is 0.378 e. The Labute approximate surface area is 139 Å². The van der Waals surface area contributed by atoms with Crippen LogP contribution in [0, 0.1) is 5.92 Å². The highest BCUT2D eigenvalue weighted by Crippen LogP contribution is 2.30. The predicted octanol–water partition coefficient (Wildman–Crippen LogP) is 5.41. The summed E-state index contributed by atoms with van der Waals surface area (Å²) in [4.78, 5) is 2.80. The molecule has 0 amide bonds. The monoisotopic (exact) mass is 309 g/mol. The van der Waals surface area contributed by atoms with Gasteiger partial charge in [-0.3, -0.25) is 0 Å². The molecule has 130 valence electrons. The van der Waals surface area contributed by atoms with Crippen LogP contribution in [0.25, 0.3) is 0 Å². The lowest BCUT2D eigenvalue weighted by Gasteiger charge is -2.40. The number of nitrogens with zero attached hydrogens (tertiary/aromatic N) is 1. The molecule has 1 saturated carbocycles. The fraction of sp³-hybridized carbons (Fsp3) is 1.00. The second kappa shape index (κ2) is 10.6. The van der Waals surface area contributed by atoms with E-state index < -0.39 is 0 Å². The number of unbranched alkanes of at least 4 members (excludes halogenated alkanes) is 3. The van der Waals surface area contributed by atoms with Gasteiger partial charge < -0.3 is 9.64 Å². The Morgan fingerprint density at radius 3 is 2.14 bits per heavy atom. The average Bonchev–Trinajstić information content (AvgIpc) is 2.57. The predicted molar refractivity (Wildman–Crippen MR) is 95.3 cm³/mol. The third kappa shape index (κ3) is 6.20. The molecule has 0 aromatic heterocycles. The quantitative estimate of drug-likeness (QED) is 0.528. The lowest BCUT2D eigenvalue weighted by atomic mass is 9.87. The molecule has 22 heavy (non-hydrogen) atoms. The molecule has 0 N–H and O–H groups in total. The van der Waals surface area contributed by atoms with Gasteiger partial charge in [0.25, 0.3) is 0 Å². The SMILES string of the molecule is CCCCCC1CCN([C@H]2CC[C@H](OCCCC)CC2)CC1. The Bertz CT molecular complexity index is 237. The maximum atomic E-state index is 6.01. The maximum Gasteiger partial charge on any atom is 0.0576 e. The van der Waals surface area contributed by atoms with Crippen molar-refractivity contribution in [1.82, 2.24) is 4.90 Å². The Kier molecular flexibility index (Phi) is 8.84. The van der Waals surface area contributed by atoms with Crippen LogP contribution in [-0.4, -0.2) is 36.7 Å². The first kappa shape index (κ1) is 18.3. The van der Waals surface area contributed by atoms with Crippen LogP contribution in [0.3, 0.4) is 0 Å². The van der Waals surface area contributed by atoms with Gasteiger partial charge in [-0.25, -0.2) is 0 Å². The summed E-state index contributed by atoms with van der Waals surface area (Å²) in [6, 6.07) is 0.864. The smallest absolute Gasteiger partial charge is 0.0576 e. The minimum Gasteiger partial charge on any atom is -0.378 e. The van der Waals surface area contributed by atoms with E-state index in [1.807, 2.05) is 0 Å². The number of ether oxygens (including phenoxy) is 1. The molecule has 2 rings (SSSR count). The molecule has 1 saturated heterocycles. The highest BCUT2D eigenvalue weighted by atomic mass is 16.5. The van der Waals surface area contributed by atoms with Gasteiger partial charge in [0, 0.05) is 12.6 Å². The minimum atomic E-state index is 0.564. The third-order valence-electron chi connectivity index (χ3n) is 5.88. The van der Waals surface area contributed by atoms with E-state index >= 15 is 0 Å². The summed E-state index contributed by atoms with van der Waals surface area (Å²) in [5.41, 5.74) is 0. The molecule has 0 atom stereocenters. The summed E-state index contributed by atoms with van der Waals surface area (Å²) in [7, 11) is 0. The van der Waals surface area contributed by atoms with E-state index in [-0.39, 0.29) is 0 Å². The van der Waals surface area contributed by atoms with E-state index in [1.54, 1.807) is 0 Å². The zero-order valence-corrected chi connectivity index (χ0v) is 15.2. The highest BCUT2D eigenvalue weighted by Gasteiger charge is 2.28. The molecule has 0 spiro atoms. The van der Waals surface area contributed by atoms with E-state index in [4.69, 9.17) is 4.74 Å². The molecule has 0 bridgehead atoms. The number of rotatable bonds is 9. The van der Waals surface area contributed by atoms with Crippen molar-refractivity contribution in [1.29, 1.82) is 0 Å². The average molecular weight is 310 g/mol. The normalized spacial score (nSPS) is 28.1. The molecule has 0 aromatic carbocycles. The Hall–Kier alpha value is -0.0800. The highest BCUT2D eigenvalue weighted by molar-refractivity contribution is 4.83. The van der Waals surface area contributed by atoms with Gasteiger partial charge in [-0.05, 0) is 64.0 Å². The summed E-state index contributed by atoms with van der Waals surface area (Å²) >= 11 is 0. The molecule has 2 nitrogen and oxygen atoms in total. The Balaban J connectivity index is 1.58. The van der Waals surface area contributed by atoms with Crippen LogP contribution in [0.5, 0.6) is 0 Å². The first-order valence-corrected chi connectivity index (χ1v) is 10.2. The van der Waals surface area contributed by atoms with Gasteiger partial charge in [0.2, 0.25) is 0 Å². The summed E-state index contributed by atoms with van der Waals surface area (Å²) < 4.78 is 6.01. The van der Waals surface area contributed by atoms with Crippen LogP contribution in [0.15, 0.2) is 0 Å². The van der Waals surface area contributed by atoms with Crippen LogP contribution in [0.2, 0.25) is 0 Å². The van der Waals surface area contributed by atoms with Crippen molar-refractivity contribution >= 4 is 0 Å². The molecule has 2 aliphatic rings. The lowest BCUT2D eigenvalue weighted by molar-refractivity contribution is 0.000552. The molecule has 0 aromatic rings. The zero-order valence-electron chi connectivity index (χ0n) is 15.2. The van der Waals surface area contributed by atoms with Crippen LogP contribution in [-0.2, 0) is 4.74 Å². The van der Waals surface area contributed by atoms with Crippen molar-refractivity contribution in [3.05, 3.63) is 0 Å². The molecular formula is C20H39NO. The van der Waals surface area contributed by atoms with Crippen LogP contribution < -0.4 is 0 Å². The Morgan fingerprint density at radius 1 is 0.818 bits per heavy atom. The van der Waals surface area contributed by atoms with Crippen molar-refractivity contribution in [2.75, 3.05) is 19.7 Å². The molecular weight excluding hydrogens is 270 g/mol. The van der Waals surface area contributed by atoms with E-state index in [9.17, 15) is 0 Å². The molecule has 2 heteroatoms. The molecule has 0 unspecified atom stereocenters. The third-order valence-corrected chi connectivity index (χ3v) is 5.88. The van der Waals surface area contributed by atoms with E-state index in [1.165, 1.54) is 90.1 Å². The number of piperidine rings is 1. The first-order valence-electron chi connectivity index (χ1n) is 10.2. The van der Waals surface area contributed by atoms with Gasteiger partial charge in [0.05, 0.1) is 6.10 Å². The fourth-order valence-electron chi connectivity index (χ4n) is 4.26. The summed E-state index contributed by atoms with van der Waals surface area (Å²) in [5.74, 6) is 1.02. The lowest BCUT2D eigenvalue weighted by Crippen LogP contribution is -2.44. The van der Waals surface area contributed by atoms with Gasteiger partial charge in [0.15, 0.2) is 0 Å². The molecule has 0 radical (unpaired) electrons. The van der Waals surface area contributed by atoms with Gasteiger partial charge in [0.1, 0.15) is 0 Å². The van der Waals surface area contributed by atoms with E-state index in [2.05, 4.69) is 18.7 Å². The molecule has 1 aliphatic carbocycles. The summed E-state index contributed by atoms with van der Waals surface area (Å²) in [5, 5.41) is 0. The van der Waals surface area contributed by atoms with Crippen molar-refractivity contribution in [3.8, 4) is 0 Å². The van der Waals surface area contributed by atoms with Gasteiger partial charge in [-0.15, -0.1) is 0 Å². The van der Waals surface area contributed by atoms with Gasteiger partial charge in [-0.2, -0.15) is 0 Å². The topological polar surface area (TPSA) is 12.5 Å². The molecule has 1 aliphatic heterocycles. The summed E-state index contributed by atoms with van der Waals surface area (Å²) in [6.07, 6.45) is 17.0. The van der Waals surface area contributed by atoms with E-state index in [0.717, 1.165) is 18.6 Å².